The van der Waals surface area contributed by atoms with Gasteiger partial charge in [-0.15, -0.1) is 5.10 Å². The SMILES string of the molecule is COc1ccc(-n2nnc(C(=O)Nc3cc(C(F)(F)F)cc(C(F)(F)F)c3)c2CSc2ncccn2)cc1. The van der Waals surface area contributed by atoms with Crippen LogP contribution in [-0.4, -0.2) is 38.0 Å². The van der Waals surface area contributed by atoms with Gasteiger partial charge in [0, 0.05) is 23.8 Å². The maximum Gasteiger partial charge on any atom is 0.416 e. The van der Waals surface area contributed by atoms with E-state index in [2.05, 4.69) is 25.6 Å². The summed E-state index contributed by atoms with van der Waals surface area (Å²) in [5.41, 5.74) is -3.48. The van der Waals surface area contributed by atoms with Crippen LogP contribution in [0.15, 0.2) is 66.1 Å². The van der Waals surface area contributed by atoms with Crippen molar-refractivity contribution >= 4 is 23.4 Å². The fraction of sp³-hybridized carbons (Fsp3) is 0.174. The van der Waals surface area contributed by atoms with Gasteiger partial charge < -0.3 is 10.1 Å². The van der Waals surface area contributed by atoms with E-state index in [0.717, 1.165) is 11.8 Å². The lowest BCUT2D eigenvalue weighted by Crippen LogP contribution is -2.17. The van der Waals surface area contributed by atoms with E-state index in [1.54, 1.807) is 30.3 Å². The van der Waals surface area contributed by atoms with Gasteiger partial charge in [0.15, 0.2) is 10.9 Å². The summed E-state index contributed by atoms with van der Waals surface area (Å²) < 4.78 is 85.9. The number of ether oxygens (including phenoxy) is 1. The zero-order chi connectivity index (χ0) is 27.5. The van der Waals surface area contributed by atoms with E-state index in [4.69, 9.17) is 4.74 Å². The molecule has 0 saturated carbocycles. The fourth-order valence-electron chi connectivity index (χ4n) is 3.25. The van der Waals surface area contributed by atoms with Crippen LogP contribution in [0.3, 0.4) is 0 Å². The van der Waals surface area contributed by atoms with Crippen LogP contribution < -0.4 is 10.1 Å². The van der Waals surface area contributed by atoms with Gasteiger partial charge in [-0.05, 0) is 48.5 Å². The van der Waals surface area contributed by atoms with Gasteiger partial charge in [0.1, 0.15) is 5.75 Å². The van der Waals surface area contributed by atoms with Crippen LogP contribution in [0.1, 0.15) is 27.3 Å². The second-order valence-electron chi connectivity index (χ2n) is 7.56. The molecule has 2 aromatic carbocycles. The summed E-state index contributed by atoms with van der Waals surface area (Å²) >= 11 is 1.12. The number of anilines is 1. The molecule has 4 aromatic rings. The Morgan fingerprint density at radius 2 is 1.58 bits per heavy atom. The predicted octanol–water partition coefficient (Wildman–Crippen LogP) is 5.65. The van der Waals surface area contributed by atoms with Crippen LogP contribution in [0.4, 0.5) is 32.0 Å². The van der Waals surface area contributed by atoms with Crippen molar-refractivity contribution in [3.63, 3.8) is 0 Å². The second-order valence-corrected chi connectivity index (χ2v) is 8.51. The van der Waals surface area contributed by atoms with Crippen LogP contribution >= 0.6 is 11.8 Å². The molecular formula is C23H16F6N6O2S. The van der Waals surface area contributed by atoms with Crippen LogP contribution in [-0.2, 0) is 18.1 Å². The zero-order valence-corrected chi connectivity index (χ0v) is 20.0. The zero-order valence-electron chi connectivity index (χ0n) is 19.2. The van der Waals surface area contributed by atoms with E-state index in [9.17, 15) is 31.1 Å². The number of nitrogens with one attached hydrogen (secondary N) is 1. The van der Waals surface area contributed by atoms with E-state index in [1.807, 2.05) is 0 Å². The number of thioether (sulfide) groups is 1. The Balaban J connectivity index is 1.71. The van der Waals surface area contributed by atoms with E-state index in [-0.39, 0.29) is 23.2 Å². The number of alkyl halides is 6. The number of carbonyl (C=O) groups is 1. The number of methoxy groups -OCH3 is 1. The molecule has 198 valence electrons. The molecule has 38 heavy (non-hydrogen) atoms. The fourth-order valence-corrected chi connectivity index (χ4v) is 4.04. The summed E-state index contributed by atoms with van der Waals surface area (Å²) in [4.78, 5) is 21.2. The minimum atomic E-state index is -5.07. The first-order valence-electron chi connectivity index (χ1n) is 10.6. The molecule has 0 bridgehead atoms. The molecule has 0 fully saturated rings. The Kier molecular flexibility index (Phi) is 7.57. The van der Waals surface area contributed by atoms with Crippen molar-refractivity contribution < 1.29 is 35.9 Å². The van der Waals surface area contributed by atoms with Crippen LogP contribution in [0.5, 0.6) is 5.75 Å². The summed E-state index contributed by atoms with van der Waals surface area (Å²) in [5.74, 6) is -0.463. The summed E-state index contributed by atoms with van der Waals surface area (Å²) in [7, 11) is 1.48. The third-order valence-corrected chi connectivity index (χ3v) is 5.91. The average Bonchev–Trinajstić information content (AvgIpc) is 3.31. The molecule has 0 radical (unpaired) electrons. The molecule has 1 amide bonds. The first-order valence-corrected chi connectivity index (χ1v) is 11.5. The van der Waals surface area contributed by atoms with Crippen LogP contribution in [0, 0.1) is 0 Å². The van der Waals surface area contributed by atoms with Crippen molar-refractivity contribution in [1.29, 1.82) is 0 Å². The molecule has 0 aliphatic rings. The molecule has 0 spiro atoms. The Hall–Kier alpha value is -4.14. The van der Waals surface area contributed by atoms with E-state index in [0.29, 0.717) is 28.7 Å². The van der Waals surface area contributed by atoms with Gasteiger partial charge in [0.25, 0.3) is 5.91 Å². The lowest BCUT2D eigenvalue weighted by Gasteiger charge is -2.14. The Morgan fingerprint density at radius 1 is 0.974 bits per heavy atom. The third-order valence-electron chi connectivity index (χ3n) is 5.02. The van der Waals surface area contributed by atoms with Crippen molar-refractivity contribution in [3.8, 4) is 11.4 Å². The molecule has 0 unspecified atom stereocenters. The summed E-state index contributed by atoms with van der Waals surface area (Å²) in [6, 6.07) is 8.93. The Labute approximate surface area is 215 Å². The molecule has 2 aromatic heterocycles. The predicted molar refractivity (Wildman–Crippen MR) is 124 cm³/mol. The highest BCUT2D eigenvalue weighted by Crippen LogP contribution is 2.37. The highest BCUT2D eigenvalue weighted by molar-refractivity contribution is 7.98. The Bertz CT molecular complexity index is 1390. The monoisotopic (exact) mass is 554 g/mol. The molecule has 0 aliphatic carbocycles. The van der Waals surface area contributed by atoms with Gasteiger partial charge in [0.2, 0.25) is 0 Å². The number of benzene rings is 2. The number of carbonyl (C=O) groups excluding carboxylic acids is 1. The lowest BCUT2D eigenvalue weighted by molar-refractivity contribution is -0.143. The lowest BCUT2D eigenvalue weighted by atomic mass is 10.1. The highest BCUT2D eigenvalue weighted by Gasteiger charge is 2.37. The standard InChI is InChI=1S/C23H16F6N6O2S/c1-37-17-5-3-16(4-6-17)35-18(12-38-21-30-7-2-8-31-21)19(33-34-35)20(36)32-15-10-13(22(24,25)26)9-14(11-15)23(27,28)29/h2-11H,12H2,1H3,(H,32,36). The summed E-state index contributed by atoms with van der Waals surface area (Å²) in [6.45, 7) is 0. The smallest absolute Gasteiger partial charge is 0.416 e. The number of hydrogen-bond donors (Lipinski definition) is 1. The number of halogens is 6. The van der Waals surface area contributed by atoms with Gasteiger partial charge in [0.05, 0.1) is 29.6 Å². The number of nitrogens with zero attached hydrogens (tertiary/aromatic N) is 5. The van der Waals surface area contributed by atoms with Gasteiger partial charge >= 0.3 is 12.4 Å². The van der Waals surface area contributed by atoms with Gasteiger partial charge in [-0.25, -0.2) is 14.6 Å². The Morgan fingerprint density at radius 3 is 2.13 bits per heavy atom. The van der Waals surface area contributed by atoms with Crippen molar-refractivity contribution in [2.45, 2.75) is 23.3 Å². The minimum absolute atomic E-state index is 0.0302. The van der Waals surface area contributed by atoms with E-state index < -0.39 is 35.1 Å². The van der Waals surface area contributed by atoms with Crippen molar-refractivity contribution in [2.75, 3.05) is 12.4 Å². The van der Waals surface area contributed by atoms with Gasteiger partial charge in [-0.3, -0.25) is 4.79 Å². The third kappa shape index (κ3) is 6.22. The van der Waals surface area contributed by atoms with Crippen molar-refractivity contribution in [1.82, 2.24) is 25.0 Å². The summed E-state index contributed by atoms with van der Waals surface area (Å²) in [6.07, 6.45) is -7.13. The molecular weight excluding hydrogens is 538 g/mol. The van der Waals surface area contributed by atoms with E-state index in [1.165, 1.54) is 24.2 Å². The molecule has 1 N–H and O–H groups in total. The molecule has 15 heteroatoms. The molecule has 4 rings (SSSR count). The molecule has 2 heterocycles. The first-order chi connectivity index (χ1) is 18.0. The quantitative estimate of drug-likeness (QED) is 0.179. The number of aromatic nitrogens is 5. The van der Waals surface area contributed by atoms with Gasteiger partial charge in [-0.1, -0.05) is 17.0 Å². The number of amides is 1. The number of hydrogen-bond acceptors (Lipinski definition) is 7. The highest BCUT2D eigenvalue weighted by atomic mass is 32.2. The van der Waals surface area contributed by atoms with E-state index >= 15 is 0 Å². The van der Waals surface area contributed by atoms with Crippen LogP contribution in [0.2, 0.25) is 0 Å². The van der Waals surface area contributed by atoms with Crippen LogP contribution in [0.25, 0.3) is 5.69 Å². The molecule has 0 aliphatic heterocycles. The normalized spacial score (nSPS) is 11.9. The topological polar surface area (TPSA) is 94.8 Å². The largest absolute Gasteiger partial charge is 0.497 e. The maximum absolute atomic E-state index is 13.2. The van der Waals surface area contributed by atoms with Crippen molar-refractivity contribution in [3.05, 3.63) is 83.4 Å². The molecule has 8 nitrogen and oxygen atoms in total. The summed E-state index contributed by atoms with van der Waals surface area (Å²) in [5, 5.41) is 10.3. The number of rotatable bonds is 7. The van der Waals surface area contributed by atoms with Crippen molar-refractivity contribution in [2.24, 2.45) is 0 Å². The average molecular weight is 554 g/mol. The molecule has 0 saturated heterocycles. The van der Waals surface area contributed by atoms with Gasteiger partial charge in [-0.2, -0.15) is 26.3 Å². The first kappa shape index (κ1) is 26.9. The molecule has 0 atom stereocenters. The maximum atomic E-state index is 13.2. The second kappa shape index (κ2) is 10.7. The minimum Gasteiger partial charge on any atom is -0.497 e.